The predicted octanol–water partition coefficient (Wildman–Crippen LogP) is 2.89. The van der Waals surface area contributed by atoms with Gasteiger partial charge in [-0.15, -0.1) is 0 Å². The van der Waals surface area contributed by atoms with Crippen molar-refractivity contribution < 1.29 is 0 Å². The van der Waals surface area contributed by atoms with E-state index in [1.165, 1.54) is 6.42 Å². The van der Waals surface area contributed by atoms with Crippen molar-refractivity contribution in [3.63, 3.8) is 0 Å². The van der Waals surface area contributed by atoms with Gasteiger partial charge in [0.25, 0.3) is 0 Å². The van der Waals surface area contributed by atoms with Crippen molar-refractivity contribution in [3.8, 4) is 0 Å². The lowest BCUT2D eigenvalue weighted by molar-refractivity contribution is 0.507. The maximum Gasteiger partial charge on any atom is 0.157 e. The SMILES string of the molecule is CC(C)CC1CSC(NC(C)(C)C)=N1. The number of nitrogens with one attached hydrogen (secondary N) is 1. The highest BCUT2D eigenvalue weighted by molar-refractivity contribution is 8.14. The molecule has 1 aliphatic heterocycles. The van der Waals surface area contributed by atoms with Crippen molar-refractivity contribution in [3.05, 3.63) is 0 Å². The van der Waals surface area contributed by atoms with E-state index in [0.717, 1.165) is 16.8 Å². The highest BCUT2D eigenvalue weighted by Gasteiger charge is 2.21. The van der Waals surface area contributed by atoms with Crippen LogP contribution in [0.3, 0.4) is 0 Å². The van der Waals surface area contributed by atoms with Crippen LogP contribution in [0.5, 0.6) is 0 Å². The zero-order valence-electron chi connectivity index (χ0n) is 9.92. The van der Waals surface area contributed by atoms with E-state index < -0.39 is 0 Å². The molecule has 1 rings (SSSR count). The average Bonchev–Trinajstić information content (AvgIpc) is 2.30. The molecule has 0 spiro atoms. The van der Waals surface area contributed by atoms with Gasteiger partial charge in [0.15, 0.2) is 5.17 Å². The summed E-state index contributed by atoms with van der Waals surface area (Å²) in [6.07, 6.45) is 1.21. The summed E-state index contributed by atoms with van der Waals surface area (Å²) in [7, 11) is 0. The van der Waals surface area contributed by atoms with Crippen LogP contribution < -0.4 is 5.32 Å². The second kappa shape index (κ2) is 4.56. The largest absolute Gasteiger partial charge is 0.360 e. The number of hydrogen-bond donors (Lipinski definition) is 1. The Morgan fingerprint density at radius 1 is 1.50 bits per heavy atom. The first-order valence-electron chi connectivity index (χ1n) is 5.35. The molecular formula is C11H22N2S. The minimum Gasteiger partial charge on any atom is -0.360 e. The Morgan fingerprint density at radius 2 is 2.14 bits per heavy atom. The zero-order chi connectivity index (χ0) is 10.8. The summed E-state index contributed by atoms with van der Waals surface area (Å²) in [5, 5.41) is 4.56. The molecule has 0 aromatic carbocycles. The molecule has 3 heteroatoms. The number of hydrogen-bond acceptors (Lipinski definition) is 3. The van der Waals surface area contributed by atoms with E-state index in [2.05, 4.69) is 44.9 Å². The number of amidine groups is 1. The minimum absolute atomic E-state index is 0.137. The highest BCUT2D eigenvalue weighted by Crippen LogP contribution is 2.22. The van der Waals surface area contributed by atoms with E-state index in [1.807, 2.05) is 11.8 Å². The monoisotopic (exact) mass is 214 g/mol. The number of thioether (sulfide) groups is 1. The van der Waals surface area contributed by atoms with E-state index >= 15 is 0 Å². The van der Waals surface area contributed by atoms with Crippen LogP contribution in [-0.2, 0) is 0 Å². The van der Waals surface area contributed by atoms with Gasteiger partial charge in [0, 0.05) is 11.3 Å². The van der Waals surface area contributed by atoms with Crippen molar-refractivity contribution in [2.75, 3.05) is 5.75 Å². The summed E-state index contributed by atoms with van der Waals surface area (Å²) in [6.45, 7) is 11.0. The summed E-state index contributed by atoms with van der Waals surface area (Å²) >= 11 is 1.86. The fourth-order valence-corrected chi connectivity index (χ4v) is 2.63. The minimum atomic E-state index is 0.137. The van der Waals surface area contributed by atoms with Gasteiger partial charge in [0.05, 0.1) is 6.04 Å². The Morgan fingerprint density at radius 3 is 2.64 bits per heavy atom. The lowest BCUT2D eigenvalue weighted by atomic mass is 10.1. The van der Waals surface area contributed by atoms with E-state index in [4.69, 9.17) is 0 Å². The molecule has 2 nitrogen and oxygen atoms in total. The Kier molecular flexibility index (Phi) is 3.87. The highest BCUT2D eigenvalue weighted by atomic mass is 32.2. The van der Waals surface area contributed by atoms with Crippen molar-refractivity contribution >= 4 is 16.9 Å². The van der Waals surface area contributed by atoms with Crippen molar-refractivity contribution in [2.45, 2.75) is 52.6 Å². The lowest BCUT2D eigenvalue weighted by Crippen LogP contribution is -2.38. The summed E-state index contributed by atoms with van der Waals surface area (Å²) < 4.78 is 0. The van der Waals surface area contributed by atoms with Gasteiger partial charge >= 0.3 is 0 Å². The van der Waals surface area contributed by atoms with Crippen LogP contribution in [0.4, 0.5) is 0 Å². The first-order valence-corrected chi connectivity index (χ1v) is 6.34. The Labute approximate surface area is 92.0 Å². The molecule has 0 aromatic heterocycles. The number of aliphatic imine (C=N–C) groups is 1. The molecule has 1 heterocycles. The first kappa shape index (κ1) is 11.9. The average molecular weight is 214 g/mol. The molecule has 1 atom stereocenters. The molecule has 1 aliphatic rings. The van der Waals surface area contributed by atoms with Crippen LogP contribution in [0, 0.1) is 5.92 Å². The third-order valence-corrected chi connectivity index (χ3v) is 2.97. The van der Waals surface area contributed by atoms with Crippen molar-refractivity contribution in [1.82, 2.24) is 5.32 Å². The van der Waals surface area contributed by atoms with E-state index in [9.17, 15) is 0 Å². The van der Waals surface area contributed by atoms with Crippen LogP contribution in [0.1, 0.15) is 41.0 Å². The molecule has 1 unspecified atom stereocenters. The van der Waals surface area contributed by atoms with Crippen LogP contribution in [0.25, 0.3) is 0 Å². The third kappa shape index (κ3) is 4.36. The number of nitrogens with zero attached hydrogens (tertiary/aromatic N) is 1. The number of rotatable bonds is 2. The fourth-order valence-electron chi connectivity index (χ4n) is 1.47. The van der Waals surface area contributed by atoms with Gasteiger partial charge in [-0.05, 0) is 33.1 Å². The molecule has 82 valence electrons. The second-order valence-electron chi connectivity index (χ2n) is 5.40. The predicted molar refractivity (Wildman–Crippen MR) is 66.0 cm³/mol. The van der Waals surface area contributed by atoms with Gasteiger partial charge in [-0.1, -0.05) is 25.6 Å². The summed E-state index contributed by atoms with van der Waals surface area (Å²) in [5.74, 6) is 1.90. The van der Waals surface area contributed by atoms with Crippen LogP contribution in [0.2, 0.25) is 0 Å². The molecule has 0 saturated carbocycles. The van der Waals surface area contributed by atoms with Crippen LogP contribution in [0.15, 0.2) is 4.99 Å². The standard InChI is InChI=1S/C11H22N2S/c1-8(2)6-9-7-14-10(12-9)13-11(3,4)5/h8-9H,6-7H2,1-5H3,(H,12,13). The fraction of sp³-hybridized carbons (Fsp3) is 0.909. The molecule has 0 aliphatic carbocycles. The smallest absolute Gasteiger partial charge is 0.157 e. The molecule has 0 amide bonds. The van der Waals surface area contributed by atoms with Gasteiger partial charge in [0.1, 0.15) is 0 Å². The Bertz CT molecular complexity index is 216. The van der Waals surface area contributed by atoms with Crippen molar-refractivity contribution in [2.24, 2.45) is 10.9 Å². The van der Waals surface area contributed by atoms with Crippen LogP contribution in [-0.4, -0.2) is 22.5 Å². The topological polar surface area (TPSA) is 24.4 Å². The molecule has 0 saturated heterocycles. The van der Waals surface area contributed by atoms with E-state index in [0.29, 0.717) is 6.04 Å². The van der Waals surface area contributed by atoms with Gasteiger partial charge in [0.2, 0.25) is 0 Å². The molecule has 0 bridgehead atoms. The van der Waals surface area contributed by atoms with Gasteiger partial charge in [-0.25, -0.2) is 0 Å². The lowest BCUT2D eigenvalue weighted by Gasteiger charge is -2.21. The third-order valence-electron chi connectivity index (χ3n) is 1.94. The van der Waals surface area contributed by atoms with Gasteiger partial charge in [-0.2, -0.15) is 0 Å². The first-order chi connectivity index (χ1) is 6.37. The maximum atomic E-state index is 4.68. The van der Waals surface area contributed by atoms with Crippen molar-refractivity contribution in [1.29, 1.82) is 0 Å². The molecular weight excluding hydrogens is 192 g/mol. The quantitative estimate of drug-likeness (QED) is 0.764. The molecule has 14 heavy (non-hydrogen) atoms. The van der Waals surface area contributed by atoms with E-state index in [-0.39, 0.29) is 5.54 Å². The van der Waals surface area contributed by atoms with Gasteiger partial charge < -0.3 is 5.32 Å². The molecule has 0 aromatic rings. The molecule has 1 N–H and O–H groups in total. The van der Waals surface area contributed by atoms with E-state index in [1.54, 1.807) is 0 Å². The van der Waals surface area contributed by atoms with Crippen LogP contribution >= 0.6 is 11.8 Å². The molecule has 0 radical (unpaired) electrons. The maximum absolute atomic E-state index is 4.68. The Balaban J connectivity index is 2.42. The molecule has 0 fully saturated rings. The summed E-state index contributed by atoms with van der Waals surface area (Å²) in [6, 6.07) is 0.532. The summed E-state index contributed by atoms with van der Waals surface area (Å²) in [4.78, 5) is 4.68. The second-order valence-corrected chi connectivity index (χ2v) is 6.41. The zero-order valence-corrected chi connectivity index (χ0v) is 10.7. The van der Waals surface area contributed by atoms with Gasteiger partial charge in [-0.3, -0.25) is 4.99 Å². The Hall–Kier alpha value is -0.180. The normalized spacial score (nSPS) is 22.7. The summed E-state index contributed by atoms with van der Waals surface area (Å²) in [5.41, 5.74) is 0.137.